The first-order valence-corrected chi connectivity index (χ1v) is 23.1. The Kier molecular flexibility index (Phi) is 7.66. The van der Waals surface area contributed by atoms with E-state index in [-0.39, 0.29) is 0 Å². The number of fused-ring (bicyclic) bond motifs is 14. The molecule has 0 fully saturated rings. The fourth-order valence-electron chi connectivity index (χ4n) is 9.98. The zero-order chi connectivity index (χ0) is 41.9. The van der Waals surface area contributed by atoms with Gasteiger partial charge in [-0.2, -0.15) is 15.0 Å². The van der Waals surface area contributed by atoms with Gasteiger partial charge in [-0.3, -0.25) is 9.13 Å². The van der Waals surface area contributed by atoms with Crippen molar-refractivity contribution in [3.63, 3.8) is 0 Å². The normalized spacial score (nSPS) is 12.1. The second-order valence-electron chi connectivity index (χ2n) is 16.3. The Morgan fingerprint density at radius 3 is 1.33 bits per heavy atom. The van der Waals surface area contributed by atoms with Crippen molar-refractivity contribution in [2.75, 3.05) is 0 Å². The predicted molar refractivity (Wildman–Crippen MR) is 271 cm³/mol. The van der Waals surface area contributed by atoms with Gasteiger partial charge in [0, 0.05) is 67.5 Å². The highest BCUT2D eigenvalue weighted by Crippen LogP contribution is 2.45. The molecule has 14 aromatic rings. The highest BCUT2D eigenvalue weighted by molar-refractivity contribution is 7.27. The van der Waals surface area contributed by atoms with E-state index < -0.39 is 0 Å². The Hall–Kier alpha value is -7.97. The quantitative estimate of drug-likeness (QED) is 0.173. The van der Waals surface area contributed by atoms with Crippen molar-refractivity contribution in [1.82, 2.24) is 24.1 Å². The fraction of sp³-hybridized carbons (Fsp3) is 0. The second-order valence-corrected chi connectivity index (χ2v) is 18.4. The van der Waals surface area contributed by atoms with Crippen LogP contribution in [0.4, 0.5) is 0 Å². The van der Waals surface area contributed by atoms with Crippen LogP contribution < -0.4 is 0 Å². The molecule has 9 aromatic carbocycles. The third-order valence-corrected chi connectivity index (χ3v) is 15.2. The lowest BCUT2D eigenvalue weighted by Gasteiger charge is -2.15. The molecule has 0 saturated heterocycles. The first-order chi connectivity index (χ1) is 31.7. The Labute approximate surface area is 374 Å². The number of nitrogens with zero attached hydrogens (tertiary/aromatic N) is 5. The van der Waals surface area contributed by atoms with Gasteiger partial charge in [0.2, 0.25) is 11.9 Å². The van der Waals surface area contributed by atoms with E-state index in [4.69, 9.17) is 15.0 Å². The molecule has 0 N–H and O–H groups in total. The Morgan fingerprint density at radius 1 is 0.312 bits per heavy atom. The van der Waals surface area contributed by atoms with E-state index in [1.165, 1.54) is 61.9 Å². The van der Waals surface area contributed by atoms with Crippen LogP contribution in [0.15, 0.2) is 200 Å². The third kappa shape index (κ3) is 5.19. The number of aromatic nitrogens is 5. The molecule has 0 unspecified atom stereocenters. The van der Waals surface area contributed by atoms with Crippen LogP contribution in [0.25, 0.3) is 129 Å². The first-order valence-electron chi connectivity index (χ1n) is 21.4. The highest BCUT2D eigenvalue weighted by Gasteiger charge is 2.24. The van der Waals surface area contributed by atoms with Gasteiger partial charge in [-0.25, -0.2) is 0 Å². The zero-order valence-corrected chi connectivity index (χ0v) is 35.7. The number of hydrogen-bond acceptors (Lipinski definition) is 5. The minimum Gasteiger partial charge on any atom is -0.278 e. The zero-order valence-electron chi connectivity index (χ0n) is 34.1. The van der Waals surface area contributed by atoms with Gasteiger partial charge in [0.05, 0.1) is 22.1 Å². The molecule has 0 aliphatic heterocycles. The lowest BCUT2D eigenvalue weighted by molar-refractivity contribution is 0.893. The third-order valence-electron chi connectivity index (χ3n) is 12.8. The minimum atomic E-state index is 0.562. The van der Waals surface area contributed by atoms with E-state index >= 15 is 0 Å². The van der Waals surface area contributed by atoms with Crippen molar-refractivity contribution in [3.8, 4) is 45.5 Å². The molecule has 0 bridgehead atoms. The van der Waals surface area contributed by atoms with Crippen molar-refractivity contribution < 1.29 is 0 Å². The van der Waals surface area contributed by atoms with Gasteiger partial charge in [0.1, 0.15) is 0 Å². The maximum absolute atomic E-state index is 5.57. The van der Waals surface area contributed by atoms with Crippen LogP contribution in [0.3, 0.4) is 0 Å². The van der Waals surface area contributed by atoms with Crippen LogP contribution in [-0.2, 0) is 0 Å². The van der Waals surface area contributed by atoms with Crippen LogP contribution >= 0.6 is 22.7 Å². The molecule has 7 heteroatoms. The summed E-state index contributed by atoms with van der Waals surface area (Å²) in [6, 6.07) is 71.6. The molecule has 64 heavy (non-hydrogen) atoms. The molecule has 0 aliphatic rings. The van der Waals surface area contributed by atoms with Gasteiger partial charge in [-0.05, 0) is 70.8 Å². The average Bonchev–Trinajstić information content (AvgIpc) is 4.12. The Balaban J connectivity index is 1.11. The van der Waals surface area contributed by atoms with Gasteiger partial charge >= 0.3 is 0 Å². The number of hydrogen-bond donors (Lipinski definition) is 0. The SMILES string of the molecule is c1ccc(-c2ccc(-c3nc(-n4c5ccccc5c5c6sc7ccccc7c6ccc54)nc(-n4c5ccccc5c5c6sc7ccccc7c6ccc54)n3)c(-c3ccccc3)c2)cc1. The van der Waals surface area contributed by atoms with Gasteiger partial charge in [0.15, 0.2) is 5.82 Å². The molecule has 14 rings (SSSR count). The summed E-state index contributed by atoms with van der Waals surface area (Å²) < 4.78 is 9.58. The molecular weight excluding hydrogens is 819 g/mol. The molecule has 298 valence electrons. The summed E-state index contributed by atoms with van der Waals surface area (Å²) in [4.78, 5) is 16.6. The molecule has 5 nitrogen and oxygen atoms in total. The van der Waals surface area contributed by atoms with Crippen LogP contribution in [0.2, 0.25) is 0 Å². The first kappa shape index (κ1) is 35.6. The summed E-state index contributed by atoms with van der Waals surface area (Å²) in [6.45, 7) is 0. The molecule has 0 amide bonds. The maximum Gasteiger partial charge on any atom is 0.240 e. The number of benzene rings is 9. The van der Waals surface area contributed by atoms with E-state index in [1.807, 2.05) is 22.7 Å². The smallest absolute Gasteiger partial charge is 0.240 e. The van der Waals surface area contributed by atoms with Gasteiger partial charge in [-0.1, -0.05) is 152 Å². The van der Waals surface area contributed by atoms with Crippen LogP contribution in [0, 0.1) is 0 Å². The van der Waals surface area contributed by atoms with E-state index in [2.05, 4.69) is 209 Å². The lowest BCUT2D eigenvalue weighted by atomic mass is 9.94. The van der Waals surface area contributed by atoms with Crippen molar-refractivity contribution in [3.05, 3.63) is 200 Å². The van der Waals surface area contributed by atoms with Crippen molar-refractivity contribution in [2.24, 2.45) is 0 Å². The van der Waals surface area contributed by atoms with Gasteiger partial charge < -0.3 is 0 Å². The number of thiophene rings is 2. The summed E-state index contributed by atoms with van der Waals surface area (Å²) in [5, 5.41) is 9.82. The molecule has 0 aliphatic carbocycles. The van der Waals surface area contributed by atoms with Crippen LogP contribution in [0.5, 0.6) is 0 Å². The molecule has 0 radical (unpaired) electrons. The molecule has 0 spiro atoms. The topological polar surface area (TPSA) is 48.5 Å². The Bertz CT molecular complexity index is 3990. The number of para-hydroxylation sites is 2. The number of rotatable bonds is 5. The van der Waals surface area contributed by atoms with Crippen molar-refractivity contribution in [2.45, 2.75) is 0 Å². The lowest BCUT2D eigenvalue weighted by Crippen LogP contribution is -2.10. The molecule has 5 aromatic heterocycles. The molecule has 5 heterocycles. The van der Waals surface area contributed by atoms with E-state index in [0.717, 1.165) is 49.9 Å². The summed E-state index contributed by atoms with van der Waals surface area (Å²) in [7, 11) is 0. The molecule has 0 saturated carbocycles. The van der Waals surface area contributed by atoms with E-state index in [0.29, 0.717) is 17.7 Å². The highest BCUT2D eigenvalue weighted by atomic mass is 32.1. The summed E-state index contributed by atoms with van der Waals surface area (Å²) >= 11 is 3.70. The summed E-state index contributed by atoms with van der Waals surface area (Å²) in [5.41, 5.74) is 9.54. The van der Waals surface area contributed by atoms with Crippen molar-refractivity contribution >= 4 is 107 Å². The fourth-order valence-corrected chi connectivity index (χ4v) is 12.5. The summed E-state index contributed by atoms with van der Waals surface area (Å²) in [6.07, 6.45) is 0. The van der Waals surface area contributed by atoms with E-state index in [1.54, 1.807) is 0 Å². The second kappa shape index (κ2) is 13.8. The summed E-state index contributed by atoms with van der Waals surface area (Å²) in [5.74, 6) is 1.72. The van der Waals surface area contributed by atoms with Gasteiger partial charge in [-0.15, -0.1) is 22.7 Å². The maximum atomic E-state index is 5.57. The van der Waals surface area contributed by atoms with Crippen molar-refractivity contribution in [1.29, 1.82) is 0 Å². The standard InChI is InChI=1S/C57H33N5S2/c1-3-15-34(16-4-1)36-27-28-41(44(33-36)35-17-5-2-6-18-35)55-58-56(61-45-23-11-7-21-42(45)51-47(61)31-29-39-37-19-9-13-25-49(37)63-53(39)51)60-57(59-55)62-46-24-12-8-22-43(46)52-48(62)32-30-40-38-20-10-14-26-50(38)64-54(40)52/h1-33H. The Morgan fingerprint density at radius 2 is 0.781 bits per heavy atom. The van der Waals surface area contributed by atoms with Crippen LogP contribution in [-0.4, -0.2) is 24.1 Å². The molecule has 0 atom stereocenters. The van der Waals surface area contributed by atoms with Crippen LogP contribution in [0.1, 0.15) is 0 Å². The largest absolute Gasteiger partial charge is 0.278 e. The van der Waals surface area contributed by atoms with E-state index in [9.17, 15) is 0 Å². The average molecular weight is 852 g/mol. The van der Waals surface area contributed by atoms with Gasteiger partial charge in [0.25, 0.3) is 0 Å². The minimum absolute atomic E-state index is 0.562. The predicted octanol–water partition coefficient (Wildman–Crippen LogP) is 15.8. The monoisotopic (exact) mass is 851 g/mol. The molecular formula is C57H33N5S2.